The molecule has 0 fully saturated rings. The number of anilines is 4. The highest BCUT2D eigenvalue weighted by molar-refractivity contribution is 7.14. The van der Waals surface area contributed by atoms with Crippen LogP contribution in [-0.2, 0) is 52.3 Å². The molecule has 78 heavy (non-hydrogen) atoms. The number of rotatable bonds is 10. The number of amides is 2. The minimum atomic E-state index is -0.900. The molecule has 6 aromatic heterocycles. The molecular weight excluding hydrogens is 1030 g/mol. The zero-order valence-corrected chi connectivity index (χ0v) is 47.0. The first-order valence-electron chi connectivity index (χ1n) is 25.0. The summed E-state index contributed by atoms with van der Waals surface area (Å²) in [5.41, 5.74) is 8.50. The Hall–Kier alpha value is -7.99. The fourth-order valence-corrected chi connectivity index (χ4v) is 9.66. The van der Waals surface area contributed by atoms with E-state index in [1.165, 1.54) is 28.9 Å². The molecule has 0 bridgehead atoms. The van der Waals surface area contributed by atoms with E-state index in [0.717, 1.165) is 66.2 Å². The lowest BCUT2D eigenvalue weighted by molar-refractivity contribution is 0.0389. The number of aryl methyl sites for hydroxylation is 2. The molecule has 2 atom stereocenters. The predicted octanol–water partition coefficient (Wildman–Crippen LogP) is 10.2. The Bertz CT molecular complexity index is 3400. The molecule has 8 aromatic rings. The third-order valence-corrected chi connectivity index (χ3v) is 14.5. The summed E-state index contributed by atoms with van der Waals surface area (Å²) in [6, 6.07) is 15.4. The van der Waals surface area contributed by atoms with Crippen LogP contribution >= 0.6 is 22.7 Å². The average Bonchev–Trinajstić information content (AvgIpc) is 4.25. The van der Waals surface area contributed by atoms with Gasteiger partial charge in [-0.15, -0.1) is 22.7 Å². The number of carboxylic acids is 1. The van der Waals surface area contributed by atoms with E-state index >= 15 is 0 Å². The number of hydrogen-bond acceptors (Lipinski definition) is 18. The van der Waals surface area contributed by atoms with Gasteiger partial charge in [0.05, 0.1) is 96.1 Å². The van der Waals surface area contributed by atoms with Gasteiger partial charge in [-0.3, -0.25) is 14.2 Å². The Labute approximate surface area is 460 Å². The fourth-order valence-electron chi connectivity index (χ4n) is 7.97. The van der Waals surface area contributed by atoms with Gasteiger partial charge < -0.3 is 40.6 Å². The van der Waals surface area contributed by atoms with E-state index in [9.17, 15) is 14.4 Å². The summed E-state index contributed by atoms with van der Waals surface area (Å²) in [5.74, 6) is -0.0498. The van der Waals surface area contributed by atoms with Crippen LogP contribution in [0.4, 0.5) is 28.1 Å². The van der Waals surface area contributed by atoms with Crippen molar-refractivity contribution in [1.82, 2.24) is 60.1 Å². The SMILES string of the molecule is CC(C)(C)c1ncc(C(=O)O)s1.Cn1cc(Nc2nccc(-c3ccc4c(c3)COCC4NC(=O)OC(C)(C)C)n2)cn1.Cn1cc(Nc2nccc(-c3ccc4c(c3)COCC4NC(=O)c3cnc(C(C)(C)C)s3)n2)cn1. The van der Waals surface area contributed by atoms with Crippen molar-refractivity contribution in [3.05, 3.63) is 140 Å². The molecule has 2 aliphatic rings. The first kappa shape index (κ1) is 56.2. The molecule has 2 aromatic carbocycles. The van der Waals surface area contributed by atoms with Gasteiger partial charge in [0.1, 0.15) is 15.4 Å². The van der Waals surface area contributed by atoms with E-state index in [1.54, 1.807) is 40.3 Å². The summed E-state index contributed by atoms with van der Waals surface area (Å²) in [4.78, 5) is 62.9. The molecule has 23 heteroatoms. The topological polar surface area (TPSA) is 260 Å². The Morgan fingerprint density at radius 3 is 1.50 bits per heavy atom. The number of benzene rings is 2. The number of carboxylic acid groups (broad SMARTS) is 1. The van der Waals surface area contributed by atoms with Crippen molar-refractivity contribution in [3.8, 4) is 22.5 Å². The van der Waals surface area contributed by atoms with E-state index in [0.29, 0.717) is 48.1 Å². The first-order valence-corrected chi connectivity index (χ1v) is 26.6. The molecule has 2 unspecified atom stereocenters. The van der Waals surface area contributed by atoms with Crippen LogP contribution in [0.15, 0.2) is 98.1 Å². The van der Waals surface area contributed by atoms with E-state index in [2.05, 4.69) is 88.2 Å². The van der Waals surface area contributed by atoms with Crippen LogP contribution in [-0.4, -0.2) is 91.4 Å². The second-order valence-corrected chi connectivity index (χ2v) is 23.6. The summed E-state index contributed by atoms with van der Waals surface area (Å²) in [7, 11) is 3.70. The number of hydrogen-bond donors (Lipinski definition) is 5. The van der Waals surface area contributed by atoms with Gasteiger partial charge in [-0.05, 0) is 67.3 Å². The monoisotopic (exact) mass is 1100 g/mol. The van der Waals surface area contributed by atoms with E-state index in [-0.39, 0.29) is 28.8 Å². The average molecular weight is 1100 g/mol. The molecule has 10 rings (SSSR count). The summed E-state index contributed by atoms with van der Waals surface area (Å²) < 4.78 is 20.3. The van der Waals surface area contributed by atoms with Crippen molar-refractivity contribution in [2.75, 3.05) is 23.8 Å². The van der Waals surface area contributed by atoms with Crippen LogP contribution < -0.4 is 21.3 Å². The first-order chi connectivity index (χ1) is 36.9. The minimum Gasteiger partial charge on any atom is -0.477 e. The Morgan fingerprint density at radius 1 is 0.628 bits per heavy atom. The van der Waals surface area contributed by atoms with Crippen LogP contribution in [0.25, 0.3) is 22.5 Å². The fraction of sp³-hybridized carbons (Fsp3) is 0.364. The third-order valence-electron chi connectivity index (χ3n) is 11.7. The Balaban J connectivity index is 0.000000171. The lowest BCUT2D eigenvalue weighted by Crippen LogP contribution is -2.38. The van der Waals surface area contributed by atoms with Crippen molar-refractivity contribution in [2.45, 2.75) is 104 Å². The van der Waals surface area contributed by atoms with Gasteiger partial charge in [-0.1, -0.05) is 65.8 Å². The number of nitrogens with zero attached hydrogens (tertiary/aromatic N) is 10. The van der Waals surface area contributed by atoms with Crippen molar-refractivity contribution in [3.63, 3.8) is 0 Å². The van der Waals surface area contributed by atoms with Crippen molar-refractivity contribution in [2.24, 2.45) is 14.1 Å². The van der Waals surface area contributed by atoms with Crippen LogP contribution in [0.2, 0.25) is 0 Å². The molecule has 0 aliphatic carbocycles. The van der Waals surface area contributed by atoms with Gasteiger partial charge in [0.15, 0.2) is 0 Å². The highest BCUT2D eigenvalue weighted by atomic mass is 32.1. The molecule has 5 N–H and O–H groups in total. The van der Waals surface area contributed by atoms with Crippen LogP contribution in [0.1, 0.15) is 126 Å². The summed E-state index contributed by atoms with van der Waals surface area (Å²) in [6.45, 7) is 19.6. The maximum absolute atomic E-state index is 12.9. The van der Waals surface area contributed by atoms with Gasteiger partial charge in [0.25, 0.3) is 5.91 Å². The number of ether oxygens (including phenoxy) is 3. The number of nitrogens with one attached hydrogen (secondary N) is 4. The van der Waals surface area contributed by atoms with E-state index in [1.807, 2.05) is 110 Å². The summed E-state index contributed by atoms with van der Waals surface area (Å²) >= 11 is 2.67. The molecule has 0 radical (unpaired) electrons. The van der Waals surface area contributed by atoms with Crippen LogP contribution in [0.5, 0.6) is 0 Å². The molecule has 0 spiro atoms. The second-order valence-electron chi connectivity index (χ2n) is 21.5. The molecule has 2 amide bonds. The molecule has 2 aliphatic heterocycles. The standard InChI is InChI=1S/C25H27N7O2S.C22H26N6O3.C8H11NO2S/c1-25(2,3)23-27-11-21(35-23)22(33)30-20-14-34-13-16-9-15(5-6-18(16)20)19-7-8-26-24(31-19)29-17-10-28-32(4)12-17;1-22(2,3)31-21(29)27-19-13-30-12-15-9-14(5-6-17(15)19)18-7-8-23-20(26-18)25-16-10-24-28(4)11-16;1-8(2,3)7-9-4-5(12-7)6(10)11/h5-12,20H,13-14H2,1-4H3,(H,30,33)(H,26,29,31);5-11,19H,12-13H2,1-4H3,(H,27,29)(H,23,25,26);4H,1-3H3,(H,10,11). The lowest BCUT2D eigenvalue weighted by Gasteiger charge is -2.28. The second kappa shape index (κ2) is 23.7. The van der Waals surface area contributed by atoms with Gasteiger partial charge in [-0.2, -0.15) is 10.2 Å². The summed E-state index contributed by atoms with van der Waals surface area (Å²) in [5, 5.41) is 31.1. The Kier molecular flexibility index (Phi) is 17.1. The van der Waals surface area contributed by atoms with Crippen LogP contribution in [0, 0.1) is 0 Å². The quantitative estimate of drug-likeness (QED) is 0.0853. The minimum absolute atomic E-state index is 0.0572. The molecule has 0 saturated heterocycles. The zero-order valence-electron chi connectivity index (χ0n) is 45.4. The van der Waals surface area contributed by atoms with E-state index in [4.69, 9.17) is 19.3 Å². The van der Waals surface area contributed by atoms with Crippen molar-refractivity contribution in [1.29, 1.82) is 0 Å². The van der Waals surface area contributed by atoms with Gasteiger partial charge >= 0.3 is 12.1 Å². The molecule has 21 nitrogen and oxygen atoms in total. The normalized spacial score (nSPS) is 15.0. The molecule has 8 heterocycles. The number of carbonyl (C=O) groups excluding carboxylic acids is 2. The summed E-state index contributed by atoms with van der Waals surface area (Å²) in [6.07, 6.45) is 13.2. The highest BCUT2D eigenvalue weighted by Crippen LogP contribution is 2.33. The smallest absolute Gasteiger partial charge is 0.408 e. The molecule has 0 saturated carbocycles. The molecule has 408 valence electrons. The Morgan fingerprint density at radius 2 is 1.09 bits per heavy atom. The number of aromatic nitrogens is 10. The van der Waals surface area contributed by atoms with Gasteiger partial charge in [-0.25, -0.2) is 39.5 Å². The lowest BCUT2D eigenvalue weighted by atomic mass is 9.95. The number of aromatic carboxylic acids is 1. The van der Waals surface area contributed by atoms with Crippen molar-refractivity contribution < 1.29 is 33.7 Å². The van der Waals surface area contributed by atoms with Gasteiger partial charge in [0.2, 0.25) is 11.9 Å². The largest absolute Gasteiger partial charge is 0.477 e. The number of thiazole rings is 2. The zero-order chi connectivity index (χ0) is 55.9. The molecular formula is C55H64N14O7S2. The van der Waals surface area contributed by atoms with Gasteiger partial charge in [0, 0.05) is 60.8 Å². The van der Waals surface area contributed by atoms with E-state index < -0.39 is 17.7 Å². The number of carbonyl (C=O) groups is 3. The number of fused-ring (bicyclic) bond motifs is 2. The van der Waals surface area contributed by atoms with Crippen LogP contribution in [0.3, 0.4) is 0 Å². The maximum atomic E-state index is 12.9. The third kappa shape index (κ3) is 14.9. The highest BCUT2D eigenvalue weighted by Gasteiger charge is 2.28. The van der Waals surface area contributed by atoms with Crippen molar-refractivity contribution >= 4 is 63.9 Å². The number of alkyl carbamates (subject to hydrolysis) is 1. The maximum Gasteiger partial charge on any atom is 0.408 e. The predicted molar refractivity (Wildman–Crippen MR) is 298 cm³/mol.